The van der Waals surface area contributed by atoms with Crippen molar-refractivity contribution in [2.24, 2.45) is 0 Å². The van der Waals surface area contributed by atoms with Crippen LogP contribution in [0, 0.1) is 0 Å². The maximum absolute atomic E-state index is 11.8. The second kappa shape index (κ2) is 5.63. The van der Waals surface area contributed by atoms with Crippen LogP contribution in [0.1, 0.15) is 58.6 Å². The Morgan fingerprint density at radius 1 is 1.32 bits per heavy atom. The third-order valence-electron chi connectivity index (χ3n) is 3.43. The van der Waals surface area contributed by atoms with Crippen molar-refractivity contribution in [3.8, 4) is 0 Å². The third kappa shape index (κ3) is 3.98. The lowest BCUT2D eigenvalue weighted by atomic mass is 9.93. The SMILES string of the molecule is CC(C)(C)c1cc(NC(=O)NC2CCCCC2)no1. The number of rotatable bonds is 2. The molecule has 0 atom stereocenters. The van der Waals surface area contributed by atoms with Gasteiger partial charge >= 0.3 is 6.03 Å². The molecule has 0 spiro atoms. The van der Waals surface area contributed by atoms with Crippen LogP contribution in [-0.2, 0) is 5.41 Å². The van der Waals surface area contributed by atoms with Gasteiger partial charge in [-0.05, 0) is 12.8 Å². The Hall–Kier alpha value is -1.52. The van der Waals surface area contributed by atoms with Gasteiger partial charge in [-0.15, -0.1) is 0 Å². The highest BCUT2D eigenvalue weighted by atomic mass is 16.5. The zero-order valence-corrected chi connectivity index (χ0v) is 12.0. The molecule has 2 N–H and O–H groups in total. The molecular weight excluding hydrogens is 242 g/mol. The fourth-order valence-electron chi connectivity index (χ4n) is 2.27. The van der Waals surface area contributed by atoms with Crippen molar-refractivity contribution < 1.29 is 9.32 Å². The number of aromatic nitrogens is 1. The van der Waals surface area contributed by atoms with Gasteiger partial charge in [-0.25, -0.2) is 4.79 Å². The van der Waals surface area contributed by atoms with E-state index in [1.807, 2.05) is 20.8 Å². The number of nitrogens with zero attached hydrogens (tertiary/aromatic N) is 1. The second-order valence-corrected chi connectivity index (χ2v) is 6.26. The summed E-state index contributed by atoms with van der Waals surface area (Å²) in [5, 5.41) is 9.58. The Balaban J connectivity index is 1.86. The summed E-state index contributed by atoms with van der Waals surface area (Å²) in [5.74, 6) is 1.23. The Labute approximate surface area is 114 Å². The average Bonchev–Trinajstić information content (AvgIpc) is 2.78. The number of anilines is 1. The summed E-state index contributed by atoms with van der Waals surface area (Å²) < 4.78 is 5.23. The fraction of sp³-hybridized carbons (Fsp3) is 0.714. The van der Waals surface area contributed by atoms with E-state index in [1.165, 1.54) is 19.3 Å². The van der Waals surface area contributed by atoms with Gasteiger partial charge in [0.1, 0.15) is 5.76 Å². The first-order chi connectivity index (χ1) is 8.95. The molecular formula is C14H23N3O2. The Kier molecular flexibility index (Phi) is 4.12. The van der Waals surface area contributed by atoms with Crippen molar-refractivity contribution in [3.05, 3.63) is 11.8 Å². The Morgan fingerprint density at radius 2 is 2.00 bits per heavy atom. The molecule has 1 aromatic rings. The molecule has 1 aromatic heterocycles. The first kappa shape index (κ1) is 13.9. The molecule has 5 nitrogen and oxygen atoms in total. The van der Waals surface area contributed by atoms with Crippen molar-refractivity contribution in [2.75, 3.05) is 5.32 Å². The van der Waals surface area contributed by atoms with Gasteiger partial charge in [-0.1, -0.05) is 45.2 Å². The average molecular weight is 265 g/mol. The molecule has 19 heavy (non-hydrogen) atoms. The minimum Gasteiger partial charge on any atom is -0.359 e. The van der Waals surface area contributed by atoms with Crippen LogP contribution in [0.25, 0.3) is 0 Å². The lowest BCUT2D eigenvalue weighted by Crippen LogP contribution is -2.39. The van der Waals surface area contributed by atoms with Gasteiger partial charge in [0.2, 0.25) is 0 Å². The highest BCUT2D eigenvalue weighted by molar-refractivity contribution is 5.88. The van der Waals surface area contributed by atoms with E-state index in [9.17, 15) is 4.79 Å². The summed E-state index contributed by atoms with van der Waals surface area (Å²) in [6, 6.07) is 1.88. The molecule has 2 rings (SSSR count). The molecule has 0 unspecified atom stereocenters. The zero-order chi connectivity index (χ0) is 13.9. The first-order valence-corrected chi connectivity index (χ1v) is 7.00. The van der Waals surface area contributed by atoms with Gasteiger partial charge in [0.25, 0.3) is 0 Å². The highest BCUT2D eigenvalue weighted by Crippen LogP contribution is 2.24. The number of carbonyl (C=O) groups excluding carboxylic acids is 1. The number of nitrogens with one attached hydrogen (secondary N) is 2. The summed E-state index contributed by atoms with van der Waals surface area (Å²) in [6.07, 6.45) is 5.81. The van der Waals surface area contributed by atoms with E-state index >= 15 is 0 Å². The molecule has 0 bridgehead atoms. The quantitative estimate of drug-likeness (QED) is 0.861. The van der Waals surface area contributed by atoms with E-state index in [4.69, 9.17) is 4.52 Å². The molecule has 1 aliphatic carbocycles. The van der Waals surface area contributed by atoms with Crippen LogP contribution in [0.15, 0.2) is 10.6 Å². The van der Waals surface area contributed by atoms with E-state index in [0.717, 1.165) is 18.6 Å². The van der Waals surface area contributed by atoms with Crippen molar-refractivity contribution >= 4 is 11.8 Å². The van der Waals surface area contributed by atoms with Crippen molar-refractivity contribution in [1.82, 2.24) is 10.5 Å². The van der Waals surface area contributed by atoms with Crippen LogP contribution < -0.4 is 10.6 Å². The number of carbonyl (C=O) groups is 1. The smallest absolute Gasteiger partial charge is 0.320 e. The number of urea groups is 1. The second-order valence-electron chi connectivity index (χ2n) is 6.26. The van der Waals surface area contributed by atoms with Crippen LogP contribution in [0.3, 0.4) is 0 Å². The van der Waals surface area contributed by atoms with Gasteiger partial charge in [0.05, 0.1) is 0 Å². The predicted octanol–water partition coefficient (Wildman–Crippen LogP) is 3.43. The first-order valence-electron chi connectivity index (χ1n) is 7.00. The maximum Gasteiger partial charge on any atom is 0.320 e. The zero-order valence-electron chi connectivity index (χ0n) is 12.0. The Morgan fingerprint density at radius 3 is 2.58 bits per heavy atom. The van der Waals surface area contributed by atoms with Gasteiger partial charge in [0, 0.05) is 17.5 Å². The molecule has 0 aromatic carbocycles. The minimum absolute atomic E-state index is 0.104. The summed E-state index contributed by atoms with van der Waals surface area (Å²) in [7, 11) is 0. The van der Waals surface area contributed by atoms with E-state index in [2.05, 4.69) is 15.8 Å². The molecule has 1 saturated carbocycles. The van der Waals surface area contributed by atoms with Crippen molar-refractivity contribution in [1.29, 1.82) is 0 Å². The van der Waals surface area contributed by atoms with Crippen LogP contribution in [0.5, 0.6) is 0 Å². The molecule has 0 aliphatic heterocycles. The van der Waals surface area contributed by atoms with Gasteiger partial charge in [-0.3, -0.25) is 5.32 Å². The molecule has 2 amide bonds. The van der Waals surface area contributed by atoms with Crippen LogP contribution in [0.2, 0.25) is 0 Å². The summed E-state index contributed by atoms with van der Waals surface area (Å²) in [4.78, 5) is 11.8. The fourth-order valence-corrected chi connectivity index (χ4v) is 2.27. The molecule has 1 heterocycles. The van der Waals surface area contributed by atoms with E-state index in [-0.39, 0.29) is 11.4 Å². The van der Waals surface area contributed by atoms with E-state index in [0.29, 0.717) is 11.9 Å². The standard InChI is InChI=1S/C14H23N3O2/c1-14(2,3)11-9-12(17-19-11)16-13(18)15-10-7-5-4-6-8-10/h9-10H,4-8H2,1-3H3,(H2,15,16,17,18). The van der Waals surface area contributed by atoms with E-state index in [1.54, 1.807) is 6.07 Å². The maximum atomic E-state index is 11.8. The predicted molar refractivity (Wildman–Crippen MR) is 74.2 cm³/mol. The molecule has 1 aliphatic rings. The minimum atomic E-state index is -0.194. The topological polar surface area (TPSA) is 67.2 Å². The van der Waals surface area contributed by atoms with Gasteiger partial charge < -0.3 is 9.84 Å². The number of amides is 2. The summed E-state index contributed by atoms with van der Waals surface area (Å²) in [5.41, 5.74) is -0.104. The lowest BCUT2D eigenvalue weighted by molar-refractivity contribution is 0.244. The van der Waals surface area contributed by atoms with Crippen LogP contribution in [-0.4, -0.2) is 17.2 Å². The van der Waals surface area contributed by atoms with E-state index < -0.39 is 0 Å². The molecule has 0 saturated heterocycles. The van der Waals surface area contributed by atoms with Crippen molar-refractivity contribution in [2.45, 2.75) is 64.3 Å². The largest absolute Gasteiger partial charge is 0.359 e. The van der Waals surface area contributed by atoms with Crippen LogP contribution >= 0.6 is 0 Å². The van der Waals surface area contributed by atoms with Crippen LogP contribution in [0.4, 0.5) is 10.6 Å². The third-order valence-corrected chi connectivity index (χ3v) is 3.43. The molecule has 106 valence electrons. The number of hydrogen-bond acceptors (Lipinski definition) is 3. The Bertz CT molecular complexity index is 428. The molecule has 5 heteroatoms. The highest BCUT2D eigenvalue weighted by Gasteiger charge is 2.21. The number of hydrogen-bond donors (Lipinski definition) is 2. The molecule has 1 fully saturated rings. The van der Waals surface area contributed by atoms with Gasteiger partial charge in [-0.2, -0.15) is 0 Å². The monoisotopic (exact) mass is 265 g/mol. The summed E-state index contributed by atoms with van der Waals surface area (Å²) >= 11 is 0. The molecule has 0 radical (unpaired) electrons. The van der Waals surface area contributed by atoms with Crippen molar-refractivity contribution in [3.63, 3.8) is 0 Å². The summed E-state index contributed by atoms with van der Waals surface area (Å²) in [6.45, 7) is 6.12. The normalized spacial score (nSPS) is 17.2. The van der Waals surface area contributed by atoms with Gasteiger partial charge in [0.15, 0.2) is 5.82 Å². The lowest BCUT2D eigenvalue weighted by Gasteiger charge is -2.22.